The van der Waals surface area contributed by atoms with Crippen LogP contribution in [0.25, 0.3) is 0 Å². The molecule has 0 amide bonds. The molecule has 1 N–H and O–H groups in total. The summed E-state index contributed by atoms with van der Waals surface area (Å²) in [5.74, 6) is 1.32. The number of rotatable bonds is 13. The van der Waals surface area contributed by atoms with Gasteiger partial charge in [-0.1, -0.05) is 84.0 Å². The van der Waals surface area contributed by atoms with Crippen molar-refractivity contribution in [3.8, 4) is 0 Å². The molecular weight excluding hydrogens is 262 g/mol. The third kappa shape index (κ3) is 11.0. The number of thioether (sulfide) groups is 1. The highest BCUT2D eigenvalue weighted by Crippen LogP contribution is 2.20. The first kappa shape index (κ1) is 18.4. The number of hydrogen-bond donors (Lipinski definition) is 1. The topological polar surface area (TPSA) is 12.0 Å². The fourth-order valence-corrected chi connectivity index (χ4v) is 4.18. The third-order valence-electron chi connectivity index (χ3n) is 4.38. The molecule has 1 aliphatic rings. The predicted octanol–water partition coefficient (Wildman–Crippen LogP) is 5.78. The average molecular weight is 300 g/mol. The van der Waals surface area contributed by atoms with Gasteiger partial charge in [0.25, 0.3) is 0 Å². The second-order valence-electron chi connectivity index (χ2n) is 6.37. The van der Waals surface area contributed by atoms with Crippen molar-refractivity contribution in [1.82, 2.24) is 5.32 Å². The first-order valence-electron chi connectivity index (χ1n) is 9.26. The average Bonchev–Trinajstić information content (AvgIpc) is 2.49. The molecular formula is C18H37NS. The molecule has 1 saturated heterocycles. The molecule has 0 saturated carbocycles. The van der Waals surface area contributed by atoms with E-state index in [2.05, 4.69) is 24.0 Å². The van der Waals surface area contributed by atoms with Gasteiger partial charge in [0.1, 0.15) is 0 Å². The third-order valence-corrected chi connectivity index (χ3v) is 5.70. The minimum Gasteiger partial charge on any atom is -0.315 e. The summed E-state index contributed by atoms with van der Waals surface area (Å²) in [7, 11) is 0. The van der Waals surface area contributed by atoms with E-state index in [4.69, 9.17) is 0 Å². The Kier molecular flexibility index (Phi) is 13.1. The molecule has 2 heteroatoms. The molecule has 0 aromatic rings. The summed E-state index contributed by atoms with van der Waals surface area (Å²) in [5.41, 5.74) is 0. The van der Waals surface area contributed by atoms with Crippen molar-refractivity contribution < 1.29 is 0 Å². The van der Waals surface area contributed by atoms with Crippen LogP contribution in [0.3, 0.4) is 0 Å². The highest BCUT2D eigenvalue weighted by atomic mass is 32.2. The Labute approximate surface area is 132 Å². The maximum absolute atomic E-state index is 3.51. The van der Waals surface area contributed by atoms with Crippen LogP contribution >= 0.6 is 11.8 Å². The smallest absolute Gasteiger partial charge is 0.0172 e. The van der Waals surface area contributed by atoms with Gasteiger partial charge < -0.3 is 5.32 Å². The summed E-state index contributed by atoms with van der Waals surface area (Å²) >= 11 is 2.18. The maximum atomic E-state index is 3.51. The van der Waals surface area contributed by atoms with Crippen molar-refractivity contribution in [1.29, 1.82) is 0 Å². The van der Waals surface area contributed by atoms with Gasteiger partial charge in [-0.15, -0.1) is 0 Å². The van der Waals surface area contributed by atoms with Crippen LogP contribution in [0.2, 0.25) is 0 Å². The standard InChI is InChI=1S/C18H37NS/c1-2-3-4-5-6-7-8-9-10-11-12-13-14-18-17-19-15-16-20-18/h18-19H,2-17H2,1H3. The van der Waals surface area contributed by atoms with E-state index < -0.39 is 0 Å². The number of hydrogen-bond acceptors (Lipinski definition) is 2. The van der Waals surface area contributed by atoms with Gasteiger partial charge in [-0.2, -0.15) is 11.8 Å². The quantitative estimate of drug-likeness (QED) is 0.432. The number of nitrogens with one attached hydrogen (secondary N) is 1. The summed E-state index contributed by atoms with van der Waals surface area (Å²) in [6, 6.07) is 0. The Morgan fingerprint density at radius 1 is 0.800 bits per heavy atom. The predicted molar refractivity (Wildman–Crippen MR) is 94.8 cm³/mol. The molecule has 1 fully saturated rings. The van der Waals surface area contributed by atoms with Gasteiger partial charge in [-0.05, 0) is 6.42 Å². The lowest BCUT2D eigenvalue weighted by Crippen LogP contribution is -2.32. The molecule has 0 spiro atoms. The SMILES string of the molecule is CCCCCCCCCCCCCCC1CNCCS1. The van der Waals surface area contributed by atoms with Gasteiger partial charge in [-0.25, -0.2) is 0 Å². The van der Waals surface area contributed by atoms with Crippen molar-refractivity contribution in [2.45, 2.75) is 95.6 Å². The summed E-state index contributed by atoms with van der Waals surface area (Å²) in [5, 5.41) is 4.42. The minimum absolute atomic E-state index is 0.909. The first-order valence-corrected chi connectivity index (χ1v) is 10.3. The Morgan fingerprint density at radius 3 is 1.85 bits per heavy atom. The fourth-order valence-electron chi connectivity index (χ4n) is 3.02. The molecule has 1 aliphatic heterocycles. The van der Waals surface area contributed by atoms with E-state index in [1.54, 1.807) is 0 Å². The molecule has 0 aromatic heterocycles. The van der Waals surface area contributed by atoms with Gasteiger partial charge in [0.15, 0.2) is 0 Å². The van der Waals surface area contributed by atoms with Crippen LogP contribution < -0.4 is 5.32 Å². The Hall–Kier alpha value is 0.310. The van der Waals surface area contributed by atoms with E-state index in [9.17, 15) is 0 Å². The van der Waals surface area contributed by atoms with Crippen LogP contribution in [-0.2, 0) is 0 Å². The molecule has 1 nitrogen and oxygen atoms in total. The van der Waals surface area contributed by atoms with Crippen LogP contribution in [0.4, 0.5) is 0 Å². The van der Waals surface area contributed by atoms with Gasteiger partial charge in [-0.3, -0.25) is 0 Å². The van der Waals surface area contributed by atoms with E-state index in [-0.39, 0.29) is 0 Å². The van der Waals surface area contributed by atoms with Crippen molar-refractivity contribution in [2.24, 2.45) is 0 Å². The highest BCUT2D eigenvalue weighted by Gasteiger charge is 2.12. The summed E-state index contributed by atoms with van der Waals surface area (Å²) in [6.07, 6.45) is 19.0. The van der Waals surface area contributed by atoms with Gasteiger partial charge in [0.05, 0.1) is 0 Å². The zero-order chi connectivity index (χ0) is 14.3. The molecule has 0 bridgehead atoms. The molecule has 1 unspecified atom stereocenters. The lowest BCUT2D eigenvalue weighted by molar-refractivity contribution is 0.532. The monoisotopic (exact) mass is 299 g/mol. The Bertz CT molecular complexity index is 190. The summed E-state index contributed by atoms with van der Waals surface area (Å²) < 4.78 is 0. The van der Waals surface area contributed by atoms with Crippen LogP contribution in [-0.4, -0.2) is 24.1 Å². The molecule has 0 radical (unpaired) electrons. The van der Waals surface area contributed by atoms with Gasteiger partial charge in [0, 0.05) is 24.1 Å². The van der Waals surface area contributed by atoms with Crippen LogP contribution in [0.15, 0.2) is 0 Å². The largest absolute Gasteiger partial charge is 0.315 e. The van der Waals surface area contributed by atoms with Crippen LogP contribution in [0, 0.1) is 0 Å². The first-order chi connectivity index (χ1) is 9.93. The van der Waals surface area contributed by atoms with E-state index in [0.29, 0.717) is 0 Å². The lowest BCUT2D eigenvalue weighted by atomic mass is 10.0. The van der Waals surface area contributed by atoms with Crippen molar-refractivity contribution >= 4 is 11.8 Å². The second-order valence-corrected chi connectivity index (χ2v) is 7.78. The zero-order valence-corrected chi connectivity index (χ0v) is 14.6. The van der Waals surface area contributed by atoms with Crippen LogP contribution in [0.1, 0.15) is 90.4 Å². The normalized spacial score (nSPS) is 19.4. The molecule has 1 atom stereocenters. The Balaban J connectivity index is 1.70. The highest BCUT2D eigenvalue weighted by molar-refractivity contribution is 8.00. The second kappa shape index (κ2) is 14.3. The molecule has 0 aromatic carbocycles. The van der Waals surface area contributed by atoms with Crippen molar-refractivity contribution in [2.75, 3.05) is 18.8 Å². The van der Waals surface area contributed by atoms with Gasteiger partial charge in [0.2, 0.25) is 0 Å². The zero-order valence-electron chi connectivity index (χ0n) is 13.8. The minimum atomic E-state index is 0.909. The maximum Gasteiger partial charge on any atom is 0.0172 e. The van der Waals surface area contributed by atoms with E-state index in [1.807, 2.05) is 0 Å². The summed E-state index contributed by atoms with van der Waals surface area (Å²) in [4.78, 5) is 0. The van der Waals surface area contributed by atoms with E-state index in [0.717, 1.165) is 5.25 Å². The summed E-state index contributed by atoms with van der Waals surface area (Å²) in [6.45, 7) is 4.77. The lowest BCUT2D eigenvalue weighted by Gasteiger charge is -2.22. The van der Waals surface area contributed by atoms with Crippen LogP contribution in [0.5, 0.6) is 0 Å². The fraction of sp³-hybridized carbons (Fsp3) is 1.00. The van der Waals surface area contributed by atoms with E-state index >= 15 is 0 Å². The van der Waals surface area contributed by atoms with Gasteiger partial charge >= 0.3 is 0 Å². The molecule has 1 heterocycles. The number of unbranched alkanes of at least 4 members (excludes halogenated alkanes) is 11. The molecule has 120 valence electrons. The molecule has 1 rings (SSSR count). The van der Waals surface area contributed by atoms with E-state index in [1.165, 1.54) is 102 Å². The van der Waals surface area contributed by atoms with Crippen molar-refractivity contribution in [3.05, 3.63) is 0 Å². The Morgan fingerprint density at radius 2 is 1.35 bits per heavy atom. The molecule has 20 heavy (non-hydrogen) atoms. The van der Waals surface area contributed by atoms with Crippen molar-refractivity contribution in [3.63, 3.8) is 0 Å². The molecule has 0 aliphatic carbocycles.